The fraction of sp³-hybridized carbons (Fsp3) is 0.250. The Morgan fingerprint density at radius 3 is 2.50 bits per heavy atom. The molecular formula is C12H8ClF2NO6. The number of carbonyl (C=O) groups excluding carboxylic acids is 1. The second kappa shape index (κ2) is 8.11. The summed E-state index contributed by atoms with van der Waals surface area (Å²) >= 11 is 4.80. The molecule has 0 unspecified atom stereocenters. The average molecular weight is 336 g/mol. The van der Waals surface area contributed by atoms with E-state index in [0.717, 1.165) is 12.1 Å². The lowest BCUT2D eigenvalue weighted by atomic mass is 10.3. The summed E-state index contributed by atoms with van der Waals surface area (Å²) in [5.74, 6) is 1.29. The monoisotopic (exact) mass is 335 g/mol. The molecule has 0 atom stereocenters. The smallest absolute Gasteiger partial charge is 0.432 e. The van der Waals surface area contributed by atoms with Gasteiger partial charge in [0.25, 0.3) is 5.69 Å². The molecular weight excluding hydrogens is 328 g/mol. The van der Waals surface area contributed by atoms with Crippen molar-refractivity contribution < 1.29 is 32.7 Å². The van der Waals surface area contributed by atoms with Gasteiger partial charge in [0.05, 0.1) is 11.5 Å². The molecule has 10 heteroatoms. The minimum atomic E-state index is -3.74. The Morgan fingerprint density at radius 1 is 1.32 bits per heavy atom. The molecule has 0 amide bonds. The summed E-state index contributed by atoms with van der Waals surface area (Å²) in [6, 6.07) is 4.61. The number of ether oxygens (including phenoxy) is 3. The van der Waals surface area contributed by atoms with Gasteiger partial charge in [-0.05, 0) is 23.7 Å². The van der Waals surface area contributed by atoms with E-state index in [1.165, 1.54) is 23.4 Å². The lowest BCUT2D eigenvalue weighted by Gasteiger charge is -2.10. The van der Waals surface area contributed by atoms with Crippen molar-refractivity contribution in [3.8, 4) is 17.0 Å². The summed E-state index contributed by atoms with van der Waals surface area (Å²) in [6.45, 7) is -1.14. The zero-order valence-corrected chi connectivity index (χ0v) is 11.5. The van der Waals surface area contributed by atoms with E-state index in [-0.39, 0.29) is 11.4 Å². The molecule has 0 aliphatic carbocycles. The van der Waals surface area contributed by atoms with Gasteiger partial charge in [-0.2, -0.15) is 8.78 Å². The maximum absolute atomic E-state index is 12.7. The molecule has 0 heterocycles. The number of hydrogen-bond acceptors (Lipinski definition) is 6. The minimum absolute atomic E-state index is 0.00476. The van der Waals surface area contributed by atoms with Crippen molar-refractivity contribution in [3.63, 3.8) is 0 Å². The maximum atomic E-state index is 12.7. The van der Waals surface area contributed by atoms with Gasteiger partial charge in [0.2, 0.25) is 0 Å². The highest BCUT2D eigenvalue weighted by molar-refractivity contribution is 6.30. The summed E-state index contributed by atoms with van der Waals surface area (Å²) < 4.78 is 38.5. The topological polar surface area (TPSA) is 87.9 Å². The summed E-state index contributed by atoms with van der Waals surface area (Å²) in [5.41, 5.74) is -0.184. The van der Waals surface area contributed by atoms with Crippen LogP contribution in [-0.4, -0.2) is 30.4 Å². The fourth-order valence-corrected chi connectivity index (χ4v) is 1.26. The zero-order valence-electron chi connectivity index (χ0n) is 10.8. The molecule has 0 saturated heterocycles. The summed E-state index contributed by atoms with van der Waals surface area (Å²) in [4.78, 5) is 21.0. The minimum Gasteiger partial charge on any atom is -0.432 e. The Morgan fingerprint density at radius 2 is 1.95 bits per heavy atom. The van der Waals surface area contributed by atoms with Crippen LogP contribution in [0.15, 0.2) is 24.3 Å². The highest BCUT2D eigenvalue weighted by Gasteiger charge is 2.27. The molecule has 0 N–H and O–H groups in total. The Bertz CT molecular complexity index is 596. The highest BCUT2D eigenvalue weighted by atomic mass is 35.5. The number of nitrogens with zero attached hydrogens (tertiary/aromatic N) is 1. The van der Waals surface area contributed by atoms with Gasteiger partial charge >= 0.3 is 12.3 Å². The van der Waals surface area contributed by atoms with Crippen molar-refractivity contribution in [3.05, 3.63) is 34.4 Å². The molecule has 0 aliphatic heterocycles. The van der Waals surface area contributed by atoms with Gasteiger partial charge in [-0.3, -0.25) is 10.1 Å². The number of nitro groups is 1. The Labute approximate surface area is 127 Å². The van der Waals surface area contributed by atoms with Crippen LogP contribution < -0.4 is 4.74 Å². The molecule has 22 heavy (non-hydrogen) atoms. The van der Waals surface area contributed by atoms with Crippen molar-refractivity contribution in [1.29, 1.82) is 0 Å². The number of hydrogen-bond donors (Lipinski definition) is 0. The molecule has 7 nitrogen and oxygen atoms in total. The van der Waals surface area contributed by atoms with Crippen LogP contribution in [0.1, 0.15) is 0 Å². The third kappa shape index (κ3) is 6.34. The quantitative estimate of drug-likeness (QED) is 0.198. The molecule has 0 aliphatic rings. The molecule has 0 bridgehead atoms. The lowest BCUT2D eigenvalue weighted by Crippen LogP contribution is -2.22. The normalized spacial score (nSPS) is 10.3. The van der Waals surface area contributed by atoms with E-state index in [2.05, 4.69) is 14.2 Å². The molecule has 0 aromatic heterocycles. The van der Waals surface area contributed by atoms with Gasteiger partial charge < -0.3 is 14.2 Å². The third-order valence-corrected chi connectivity index (χ3v) is 2.12. The van der Waals surface area contributed by atoms with Crippen LogP contribution in [0.2, 0.25) is 0 Å². The van der Waals surface area contributed by atoms with E-state index >= 15 is 0 Å². The van der Waals surface area contributed by atoms with Gasteiger partial charge in [-0.1, -0.05) is 0 Å². The van der Waals surface area contributed by atoms with Gasteiger partial charge in [0.1, 0.15) is 12.4 Å². The number of alkyl halides is 2. The summed E-state index contributed by atoms with van der Waals surface area (Å²) in [6.07, 6.45) is -4.92. The van der Waals surface area contributed by atoms with Crippen molar-refractivity contribution >= 4 is 23.4 Å². The van der Waals surface area contributed by atoms with Crippen LogP contribution >= 0.6 is 11.6 Å². The van der Waals surface area contributed by atoms with Gasteiger partial charge in [-0.25, -0.2) is 4.79 Å². The largest absolute Gasteiger partial charge is 0.513 e. The number of benzene rings is 1. The molecule has 0 radical (unpaired) electrons. The number of non-ortho nitro benzene ring substituents is 1. The van der Waals surface area contributed by atoms with Crippen LogP contribution in [0, 0.1) is 21.4 Å². The molecule has 118 valence electrons. The number of rotatable bonds is 6. The molecule has 1 rings (SSSR count). The van der Waals surface area contributed by atoms with Crippen molar-refractivity contribution in [2.24, 2.45) is 0 Å². The standard InChI is InChI=1S/C12H8ClF2NO6/c13-6-5-12(14,15)21-8-7-20-11(17)22-10-3-1-9(2-4-10)16(18)19/h1-4H,7-8H2. The van der Waals surface area contributed by atoms with E-state index in [0.29, 0.717) is 0 Å². The van der Waals surface area contributed by atoms with Crippen LogP contribution in [0.25, 0.3) is 0 Å². The van der Waals surface area contributed by atoms with E-state index in [9.17, 15) is 23.7 Å². The van der Waals surface area contributed by atoms with Gasteiger partial charge in [-0.15, -0.1) is 0 Å². The zero-order chi connectivity index (χ0) is 16.6. The highest BCUT2D eigenvalue weighted by Crippen LogP contribution is 2.17. The lowest BCUT2D eigenvalue weighted by molar-refractivity contribution is -0.384. The van der Waals surface area contributed by atoms with E-state index < -0.39 is 30.4 Å². The third-order valence-electron chi connectivity index (χ3n) is 2.03. The van der Waals surface area contributed by atoms with Crippen LogP contribution in [0.5, 0.6) is 5.75 Å². The van der Waals surface area contributed by atoms with Crippen molar-refractivity contribution in [1.82, 2.24) is 0 Å². The Balaban J connectivity index is 2.34. The van der Waals surface area contributed by atoms with Crippen molar-refractivity contribution in [2.75, 3.05) is 13.2 Å². The molecule has 0 saturated carbocycles. The van der Waals surface area contributed by atoms with Crippen LogP contribution in [0.3, 0.4) is 0 Å². The average Bonchev–Trinajstić information content (AvgIpc) is 2.44. The van der Waals surface area contributed by atoms with Gasteiger partial charge in [0.15, 0.2) is 0 Å². The Hall–Kier alpha value is -2.44. The van der Waals surface area contributed by atoms with E-state index in [1.54, 1.807) is 0 Å². The molecule has 1 aromatic rings. The predicted octanol–water partition coefficient (Wildman–Crippen LogP) is 2.92. The molecule has 0 fully saturated rings. The SMILES string of the molecule is O=C(OCCOC(F)(F)C#CCl)Oc1ccc([N+](=O)[O-])cc1. The first-order chi connectivity index (χ1) is 10.3. The second-order valence-electron chi connectivity index (χ2n) is 3.54. The molecule has 0 spiro atoms. The first-order valence-corrected chi connectivity index (χ1v) is 5.95. The number of halogens is 3. The first-order valence-electron chi connectivity index (χ1n) is 5.58. The first kappa shape index (κ1) is 17.6. The van der Waals surface area contributed by atoms with Crippen LogP contribution in [0.4, 0.5) is 19.3 Å². The molecule has 1 aromatic carbocycles. The summed E-state index contributed by atoms with van der Waals surface area (Å²) in [7, 11) is 0. The fourth-order valence-electron chi connectivity index (χ4n) is 1.15. The maximum Gasteiger partial charge on any atom is 0.513 e. The van der Waals surface area contributed by atoms with E-state index in [1.807, 2.05) is 0 Å². The van der Waals surface area contributed by atoms with E-state index in [4.69, 9.17) is 11.6 Å². The second-order valence-corrected chi connectivity index (χ2v) is 3.73. The van der Waals surface area contributed by atoms with Crippen LogP contribution in [-0.2, 0) is 9.47 Å². The Kier molecular flexibility index (Phi) is 6.49. The number of nitro benzene ring substituents is 1. The van der Waals surface area contributed by atoms with Crippen molar-refractivity contribution in [2.45, 2.75) is 6.11 Å². The summed E-state index contributed by atoms with van der Waals surface area (Å²) in [5, 5.41) is 11.9. The predicted molar refractivity (Wildman–Crippen MR) is 69.6 cm³/mol. The number of carbonyl (C=O) groups is 1. The van der Waals surface area contributed by atoms with Gasteiger partial charge in [0, 0.05) is 23.4 Å².